The Kier molecular flexibility index (Phi) is 9.38. The number of para-hydroxylation sites is 1. The first-order valence-electron chi connectivity index (χ1n) is 13.5. The lowest BCUT2D eigenvalue weighted by Crippen LogP contribution is -2.39. The molecule has 2 aromatic carbocycles. The van der Waals surface area contributed by atoms with Crippen molar-refractivity contribution in [1.29, 1.82) is 5.41 Å². The van der Waals surface area contributed by atoms with E-state index >= 15 is 0 Å². The molecule has 0 aliphatic heterocycles. The summed E-state index contributed by atoms with van der Waals surface area (Å²) in [7, 11) is 0. The van der Waals surface area contributed by atoms with Crippen molar-refractivity contribution in [3.8, 4) is 0 Å². The van der Waals surface area contributed by atoms with E-state index in [9.17, 15) is 14.4 Å². The molecule has 0 saturated carbocycles. The van der Waals surface area contributed by atoms with E-state index in [1.54, 1.807) is 48.6 Å². The highest BCUT2D eigenvalue weighted by atomic mass is 16.2. The Morgan fingerprint density at radius 3 is 2.50 bits per heavy atom. The van der Waals surface area contributed by atoms with Gasteiger partial charge >= 0.3 is 6.03 Å². The SMILES string of the molecule is CC(C)Nc1ncc(C2=CC(N)=CC(NC(=O)Nc3ccccc3)C2)n(CC(=O)NCc2ccc(C(=N)N)cc2)c1=O. The third-order valence-corrected chi connectivity index (χ3v) is 6.39. The average molecular weight is 570 g/mol. The predicted octanol–water partition coefficient (Wildman–Crippen LogP) is 2.48. The number of amidine groups is 1. The van der Waals surface area contributed by atoms with Gasteiger partial charge in [-0.2, -0.15) is 0 Å². The first-order chi connectivity index (χ1) is 20.1. The molecule has 0 bridgehead atoms. The lowest BCUT2D eigenvalue weighted by molar-refractivity contribution is -0.121. The van der Waals surface area contributed by atoms with Gasteiger partial charge in [0.15, 0.2) is 5.82 Å². The zero-order valence-electron chi connectivity index (χ0n) is 23.5. The first kappa shape index (κ1) is 29.6. The van der Waals surface area contributed by atoms with Crippen LogP contribution < -0.4 is 38.3 Å². The number of allylic oxidation sites excluding steroid dienone is 1. The summed E-state index contributed by atoms with van der Waals surface area (Å²) in [5.41, 5.74) is 14.8. The molecule has 1 aromatic heterocycles. The lowest BCUT2D eigenvalue weighted by Gasteiger charge is -2.24. The lowest BCUT2D eigenvalue weighted by atomic mass is 9.96. The molecule has 3 aromatic rings. The molecular weight excluding hydrogens is 534 g/mol. The van der Waals surface area contributed by atoms with Crippen molar-refractivity contribution in [3.63, 3.8) is 0 Å². The van der Waals surface area contributed by atoms with Gasteiger partial charge in [-0.15, -0.1) is 0 Å². The molecular formula is C30H35N9O3. The van der Waals surface area contributed by atoms with Crippen LogP contribution in [-0.2, 0) is 17.9 Å². The molecule has 4 rings (SSSR count). The van der Waals surface area contributed by atoms with E-state index in [1.807, 2.05) is 32.0 Å². The van der Waals surface area contributed by atoms with E-state index in [0.29, 0.717) is 34.6 Å². The van der Waals surface area contributed by atoms with Gasteiger partial charge in [0.25, 0.3) is 5.56 Å². The molecule has 9 N–H and O–H groups in total. The van der Waals surface area contributed by atoms with Gasteiger partial charge in [-0.05, 0) is 55.7 Å². The van der Waals surface area contributed by atoms with Crippen molar-refractivity contribution >= 4 is 34.9 Å². The highest BCUT2D eigenvalue weighted by Gasteiger charge is 2.22. The number of nitrogens with zero attached hydrogens (tertiary/aromatic N) is 2. The van der Waals surface area contributed by atoms with E-state index in [0.717, 1.165) is 5.56 Å². The summed E-state index contributed by atoms with van der Waals surface area (Å²) < 4.78 is 1.36. The van der Waals surface area contributed by atoms with Gasteiger partial charge < -0.3 is 32.7 Å². The quantitative estimate of drug-likeness (QED) is 0.144. The van der Waals surface area contributed by atoms with Crippen LogP contribution in [0.4, 0.5) is 16.3 Å². The molecule has 1 aliphatic rings. The van der Waals surface area contributed by atoms with Crippen molar-refractivity contribution in [2.75, 3.05) is 10.6 Å². The van der Waals surface area contributed by atoms with Crippen molar-refractivity contribution in [3.05, 3.63) is 106 Å². The van der Waals surface area contributed by atoms with Crippen LogP contribution in [0.25, 0.3) is 5.57 Å². The van der Waals surface area contributed by atoms with Crippen molar-refractivity contribution < 1.29 is 9.59 Å². The van der Waals surface area contributed by atoms with Crippen LogP contribution in [0, 0.1) is 5.41 Å². The molecule has 12 heteroatoms. The van der Waals surface area contributed by atoms with Gasteiger partial charge in [-0.3, -0.25) is 19.6 Å². The number of rotatable bonds is 10. The summed E-state index contributed by atoms with van der Waals surface area (Å²) in [4.78, 5) is 43.5. The van der Waals surface area contributed by atoms with Crippen LogP contribution in [0.3, 0.4) is 0 Å². The van der Waals surface area contributed by atoms with Crippen LogP contribution in [0.1, 0.15) is 37.1 Å². The van der Waals surface area contributed by atoms with Gasteiger partial charge in [0.1, 0.15) is 12.4 Å². The molecule has 12 nitrogen and oxygen atoms in total. The highest BCUT2D eigenvalue weighted by Crippen LogP contribution is 2.25. The summed E-state index contributed by atoms with van der Waals surface area (Å²) >= 11 is 0. The van der Waals surface area contributed by atoms with Gasteiger partial charge in [0.2, 0.25) is 5.91 Å². The molecule has 3 amide bonds. The fourth-order valence-electron chi connectivity index (χ4n) is 4.44. The van der Waals surface area contributed by atoms with Crippen molar-refractivity contribution in [2.45, 2.75) is 45.4 Å². The monoisotopic (exact) mass is 569 g/mol. The van der Waals surface area contributed by atoms with Gasteiger partial charge in [0, 0.05) is 29.5 Å². The number of aromatic nitrogens is 2. The van der Waals surface area contributed by atoms with Crippen molar-refractivity contribution in [1.82, 2.24) is 20.2 Å². The van der Waals surface area contributed by atoms with E-state index in [4.69, 9.17) is 16.9 Å². The number of amides is 3. The fourth-order valence-corrected chi connectivity index (χ4v) is 4.44. The smallest absolute Gasteiger partial charge is 0.319 e. The normalized spacial score (nSPS) is 14.4. The maximum absolute atomic E-state index is 13.5. The number of nitrogen functional groups attached to an aromatic ring is 1. The van der Waals surface area contributed by atoms with Gasteiger partial charge in [-0.25, -0.2) is 9.78 Å². The number of anilines is 2. The fraction of sp³-hybridized carbons (Fsp3) is 0.233. The Balaban J connectivity index is 1.53. The third kappa shape index (κ3) is 7.84. The van der Waals surface area contributed by atoms with E-state index in [2.05, 4.69) is 26.3 Å². The molecule has 0 saturated heterocycles. The molecule has 0 fully saturated rings. The number of carbonyl (C=O) groups excluding carboxylic acids is 2. The number of nitrogens with one attached hydrogen (secondary N) is 5. The van der Waals surface area contributed by atoms with Crippen LogP contribution in [0.15, 0.2) is 83.4 Å². The topological polar surface area (TPSA) is 193 Å². The minimum absolute atomic E-state index is 0.0391. The predicted molar refractivity (Wildman–Crippen MR) is 164 cm³/mol. The van der Waals surface area contributed by atoms with Crippen LogP contribution in [0.2, 0.25) is 0 Å². The maximum Gasteiger partial charge on any atom is 0.319 e. The number of nitrogens with two attached hydrogens (primary N) is 2. The zero-order valence-corrected chi connectivity index (χ0v) is 23.5. The Morgan fingerprint density at radius 1 is 1.12 bits per heavy atom. The summed E-state index contributed by atoms with van der Waals surface area (Å²) in [6, 6.07) is 15.1. The Bertz CT molecular complexity index is 1580. The molecule has 218 valence electrons. The molecule has 1 aliphatic carbocycles. The first-order valence-corrected chi connectivity index (χ1v) is 13.5. The Labute approximate surface area is 243 Å². The zero-order chi connectivity index (χ0) is 30.2. The third-order valence-electron chi connectivity index (χ3n) is 6.39. The average Bonchev–Trinajstić information content (AvgIpc) is 2.94. The number of hydrogen-bond donors (Lipinski definition) is 7. The van der Waals surface area contributed by atoms with Gasteiger partial charge in [0.05, 0.1) is 17.9 Å². The summed E-state index contributed by atoms with van der Waals surface area (Å²) in [6.07, 6.45) is 5.30. The molecule has 0 radical (unpaired) electrons. The van der Waals surface area contributed by atoms with Gasteiger partial charge in [-0.1, -0.05) is 42.5 Å². The number of carbonyl (C=O) groups is 2. The molecule has 1 atom stereocenters. The van der Waals surface area contributed by atoms with E-state index in [1.165, 1.54) is 10.8 Å². The number of benzene rings is 2. The van der Waals surface area contributed by atoms with Crippen LogP contribution >= 0.6 is 0 Å². The molecule has 42 heavy (non-hydrogen) atoms. The Morgan fingerprint density at radius 2 is 1.83 bits per heavy atom. The number of hydrogen-bond acceptors (Lipinski definition) is 7. The second-order valence-corrected chi connectivity index (χ2v) is 10.2. The largest absolute Gasteiger partial charge is 0.399 e. The number of urea groups is 1. The maximum atomic E-state index is 13.5. The second kappa shape index (κ2) is 13.3. The van der Waals surface area contributed by atoms with Crippen molar-refractivity contribution in [2.24, 2.45) is 11.5 Å². The summed E-state index contributed by atoms with van der Waals surface area (Å²) in [5, 5.41) is 19.1. The minimum atomic E-state index is -0.461. The van der Waals surface area contributed by atoms with E-state index in [-0.39, 0.29) is 36.7 Å². The highest BCUT2D eigenvalue weighted by molar-refractivity contribution is 5.94. The van der Waals surface area contributed by atoms with Crippen LogP contribution in [0.5, 0.6) is 0 Å². The minimum Gasteiger partial charge on any atom is -0.399 e. The molecule has 1 unspecified atom stereocenters. The van der Waals surface area contributed by atoms with E-state index < -0.39 is 17.6 Å². The summed E-state index contributed by atoms with van der Waals surface area (Å²) in [6.45, 7) is 3.73. The Hall–Kier alpha value is -5.39. The molecule has 1 heterocycles. The van der Waals surface area contributed by atoms with Crippen LogP contribution in [-0.4, -0.2) is 39.4 Å². The summed E-state index contributed by atoms with van der Waals surface area (Å²) in [5.74, 6) is -0.298. The molecule has 0 spiro atoms. The standard InChI is InChI=1S/C30H35N9O3/c1-18(2)36-28-29(41)39(17-26(40)34-15-19-8-10-20(11-9-19)27(32)33)25(16-35-28)21-12-22(31)14-24(13-21)38-30(42)37-23-6-4-3-5-7-23/h3-12,14,16,18,24H,13,15,17,31H2,1-2H3,(H3,32,33)(H,34,40)(H,35,36)(H2,37,38,42). The second-order valence-electron chi connectivity index (χ2n) is 10.2.